The predicted octanol–water partition coefficient (Wildman–Crippen LogP) is 10.3. The number of alkyl halides is 28. The smallest absolute Gasteiger partial charge is 0.365 e. The molecule has 0 aromatic carbocycles. The van der Waals surface area contributed by atoms with Gasteiger partial charge in [0.2, 0.25) is 0 Å². The Labute approximate surface area is 351 Å². The van der Waals surface area contributed by atoms with E-state index in [0.29, 0.717) is 0 Å². The maximum Gasteiger partial charge on any atom is 0.380 e. The monoisotopic (exact) mass is 1040 g/mol. The molecule has 0 amide bonds. The van der Waals surface area contributed by atoms with E-state index < -0.39 is 184 Å². The van der Waals surface area contributed by atoms with Crippen molar-refractivity contribution in [2.75, 3.05) is 26.4 Å². The van der Waals surface area contributed by atoms with E-state index >= 15 is 4.39 Å². The molecule has 0 saturated heterocycles. The standard InChI is InChI=1S/C34H32F28O4/c1-3-9-11(35)15(39)18(42)23(13(9)37)63-5-27(47,48)31(55,56)33(59,60)29(51,52)7-65-25-20(44)17(41)21(45)26(22(25)46)66-8-30(53,54)34(61,62)32(57,58)28(49,50)6-64-24-14(38)10(4-2)12(36)16(40)19(24)43/h3-4,9-26H,1-2,5-8H2. The second kappa shape index (κ2) is 19.6. The molecule has 0 bridgehead atoms. The lowest BCUT2D eigenvalue weighted by atomic mass is 9.81. The van der Waals surface area contributed by atoms with Crippen LogP contribution >= 0.6 is 0 Å². The molecule has 16 unspecified atom stereocenters. The van der Waals surface area contributed by atoms with Gasteiger partial charge in [0.05, 0.1) is 0 Å². The van der Waals surface area contributed by atoms with Crippen LogP contribution in [0.5, 0.6) is 0 Å². The Balaban J connectivity index is 1.77. The zero-order valence-electron chi connectivity index (χ0n) is 32.0. The third-order valence-electron chi connectivity index (χ3n) is 10.8. The third-order valence-corrected chi connectivity index (χ3v) is 10.8. The van der Waals surface area contributed by atoms with Gasteiger partial charge >= 0.3 is 47.4 Å². The highest BCUT2D eigenvalue weighted by Crippen LogP contribution is 2.55. The SMILES string of the molecule is C=CC1C(F)C(F)C(F)C(OCC(F)(F)C(F)(F)C(F)(F)C(F)(F)COC2C(F)C(F)C(F)C(OCC(F)(F)C(F)(F)C(F)(F)C(F)(F)COC3C(F)C(F)C(F)C(C=C)C3F)C2F)C1F. The molecule has 0 aromatic heterocycles. The molecule has 0 aromatic rings. The molecule has 16 atom stereocenters. The molecule has 3 aliphatic carbocycles. The van der Waals surface area contributed by atoms with Crippen molar-refractivity contribution in [3.8, 4) is 0 Å². The Morgan fingerprint density at radius 1 is 0.273 bits per heavy atom. The van der Waals surface area contributed by atoms with E-state index in [4.69, 9.17) is 0 Å². The van der Waals surface area contributed by atoms with Crippen LogP contribution in [-0.4, -0.2) is 172 Å². The van der Waals surface area contributed by atoms with Crippen LogP contribution in [0.1, 0.15) is 0 Å². The van der Waals surface area contributed by atoms with Crippen molar-refractivity contribution >= 4 is 0 Å². The number of rotatable bonds is 20. The van der Waals surface area contributed by atoms with E-state index in [-0.39, 0.29) is 12.2 Å². The Morgan fingerprint density at radius 2 is 0.455 bits per heavy atom. The Morgan fingerprint density at radius 3 is 0.652 bits per heavy atom. The van der Waals surface area contributed by atoms with Crippen molar-refractivity contribution < 1.29 is 142 Å². The Hall–Kier alpha value is -2.64. The van der Waals surface area contributed by atoms with Crippen molar-refractivity contribution in [3.63, 3.8) is 0 Å². The van der Waals surface area contributed by atoms with Gasteiger partial charge in [0.1, 0.15) is 75.5 Å². The Bertz CT molecular complexity index is 1520. The van der Waals surface area contributed by atoms with E-state index in [0.717, 1.165) is 0 Å². The van der Waals surface area contributed by atoms with E-state index in [9.17, 15) is 119 Å². The zero-order valence-corrected chi connectivity index (χ0v) is 32.0. The molecule has 0 spiro atoms. The summed E-state index contributed by atoms with van der Waals surface area (Å²) in [5, 5.41) is 0. The van der Waals surface area contributed by atoms with Gasteiger partial charge in [-0.3, -0.25) is 0 Å². The molecule has 0 N–H and O–H groups in total. The largest absolute Gasteiger partial charge is 0.380 e. The van der Waals surface area contributed by atoms with Crippen molar-refractivity contribution in [1.82, 2.24) is 0 Å². The van der Waals surface area contributed by atoms with Crippen LogP contribution in [0.15, 0.2) is 25.3 Å². The van der Waals surface area contributed by atoms with E-state index in [1.54, 1.807) is 0 Å². The van der Waals surface area contributed by atoms with Crippen LogP contribution in [0.2, 0.25) is 0 Å². The van der Waals surface area contributed by atoms with Gasteiger partial charge in [0.25, 0.3) is 0 Å². The van der Waals surface area contributed by atoms with Gasteiger partial charge in [-0.1, -0.05) is 12.2 Å². The van der Waals surface area contributed by atoms with Crippen LogP contribution < -0.4 is 0 Å². The number of halogens is 28. The number of hydrogen-bond acceptors (Lipinski definition) is 4. The summed E-state index contributed by atoms with van der Waals surface area (Å²) in [5.74, 6) is -62.5. The molecule has 0 aliphatic heterocycles. The summed E-state index contributed by atoms with van der Waals surface area (Å²) in [7, 11) is 0. The van der Waals surface area contributed by atoms with E-state index in [2.05, 4.69) is 32.1 Å². The van der Waals surface area contributed by atoms with Crippen LogP contribution in [0.25, 0.3) is 0 Å². The second-order valence-electron chi connectivity index (χ2n) is 15.2. The van der Waals surface area contributed by atoms with Crippen LogP contribution in [-0.2, 0) is 18.9 Å². The summed E-state index contributed by atoms with van der Waals surface area (Å²) in [6.45, 7) is -8.60. The highest BCUT2D eigenvalue weighted by atomic mass is 19.4. The molecule has 32 heteroatoms. The minimum atomic E-state index is -7.61. The average Bonchev–Trinajstić information content (AvgIpc) is 3.21. The fourth-order valence-corrected chi connectivity index (χ4v) is 6.70. The summed E-state index contributed by atoms with van der Waals surface area (Å²) in [6, 6.07) is 0. The number of allylic oxidation sites excluding steroid dienone is 2. The molecule has 3 rings (SSSR count). The minimum Gasteiger partial charge on any atom is -0.365 e. The molecule has 4 nitrogen and oxygen atoms in total. The summed E-state index contributed by atoms with van der Waals surface area (Å²) >= 11 is 0. The lowest BCUT2D eigenvalue weighted by Gasteiger charge is -2.42. The van der Waals surface area contributed by atoms with Crippen molar-refractivity contribution in [1.29, 1.82) is 0 Å². The summed E-state index contributed by atoms with van der Waals surface area (Å²) < 4.78 is 417. The number of ether oxygens (including phenoxy) is 4. The van der Waals surface area contributed by atoms with Gasteiger partial charge in [-0.05, 0) is 0 Å². The molecular weight excluding hydrogens is 1000 g/mol. The van der Waals surface area contributed by atoms with Crippen LogP contribution in [0.3, 0.4) is 0 Å². The molecule has 66 heavy (non-hydrogen) atoms. The molecule has 3 fully saturated rings. The van der Waals surface area contributed by atoms with Crippen molar-refractivity contribution in [2.24, 2.45) is 11.8 Å². The minimum absolute atomic E-state index is 0.235. The van der Waals surface area contributed by atoms with E-state index in [1.165, 1.54) is 0 Å². The summed E-state index contributed by atoms with van der Waals surface area (Å²) in [5.41, 5.74) is 0. The first-order valence-electron chi connectivity index (χ1n) is 18.1. The van der Waals surface area contributed by atoms with Gasteiger partial charge in [-0.25, -0.2) is 52.7 Å². The van der Waals surface area contributed by atoms with E-state index in [1.807, 2.05) is 0 Å². The van der Waals surface area contributed by atoms with Crippen LogP contribution in [0.4, 0.5) is 123 Å². The van der Waals surface area contributed by atoms with Crippen molar-refractivity contribution in [3.05, 3.63) is 25.3 Å². The highest BCUT2D eigenvalue weighted by molar-refractivity contribution is 5.10. The van der Waals surface area contributed by atoms with Gasteiger partial charge in [-0.2, -0.15) is 70.2 Å². The van der Waals surface area contributed by atoms with Gasteiger partial charge < -0.3 is 18.9 Å². The van der Waals surface area contributed by atoms with Gasteiger partial charge in [0.15, 0.2) is 49.4 Å². The zero-order chi connectivity index (χ0) is 51.5. The molecule has 0 heterocycles. The molecular formula is C34H32F28O4. The highest BCUT2D eigenvalue weighted by Gasteiger charge is 2.82. The predicted molar refractivity (Wildman–Crippen MR) is 165 cm³/mol. The average molecular weight is 1040 g/mol. The normalized spacial score (nSPS) is 38.3. The molecule has 3 aliphatic rings. The molecule has 388 valence electrons. The topological polar surface area (TPSA) is 36.9 Å². The summed E-state index contributed by atoms with van der Waals surface area (Å²) in [4.78, 5) is 0. The first-order valence-corrected chi connectivity index (χ1v) is 18.1. The van der Waals surface area contributed by atoms with Gasteiger partial charge in [0, 0.05) is 11.8 Å². The van der Waals surface area contributed by atoms with Gasteiger partial charge in [-0.15, -0.1) is 13.2 Å². The first kappa shape index (κ1) is 57.7. The maximum absolute atomic E-state index is 15.1. The fourth-order valence-electron chi connectivity index (χ4n) is 6.70. The lowest BCUT2D eigenvalue weighted by molar-refractivity contribution is -0.383. The Kier molecular flexibility index (Phi) is 17.2. The molecule has 0 radical (unpaired) electrons. The lowest BCUT2D eigenvalue weighted by Crippen LogP contribution is -2.67. The number of hydrogen-bond donors (Lipinski definition) is 0. The third kappa shape index (κ3) is 9.76. The molecule has 3 saturated carbocycles. The first-order chi connectivity index (χ1) is 29.7. The fraction of sp³-hybridized carbons (Fsp3) is 0.882. The quantitative estimate of drug-likeness (QED) is 0.0900. The maximum atomic E-state index is 15.1. The van der Waals surface area contributed by atoms with Crippen LogP contribution in [0, 0.1) is 11.8 Å². The summed E-state index contributed by atoms with van der Waals surface area (Å²) in [6.07, 6.45) is -58.0. The second-order valence-corrected chi connectivity index (χ2v) is 15.2. The van der Waals surface area contributed by atoms with Crippen molar-refractivity contribution in [2.45, 2.75) is 146 Å².